The zero-order valence-corrected chi connectivity index (χ0v) is 12.2. The van der Waals surface area contributed by atoms with Gasteiger partial charge >= 0.3 is 18.2 Å². The second-order valence-electron chi connectivity index (χ2n) is 5.42. The number of amides is 2. The summed E-state index contributed by atoms with van der Waals surface area (Å²) in [6, 6.07) is -0.481. The minimum absolute atomic E-state index is 0.112. The summed E-state index contributed by atoms with van der Waals surface area (Å²) < 4.78 is 37.0. The first kappa shape index (κ1) is 17.0. The molecule has 0 aliphatic carbocycles. The molecule has 1 fully saturated rings. The van der Waals surface area contributed by atoms with Crippen molar-refractivity contribution in [1.29, 1.82) is 0 Å². The van der Waals surface area contributed by atoms with Crippen molar-refractivity contribution >= 4 is 12.0 Å². The lowest BCUT2D eigenvalue weighted by Gasteiger charge is -2.34. The Hall–Kier alpha value is -2.33. The van der Waals surface area contributed by atoms with Crippen molar-refractivity contribution in [3.63, 3.8) is 0 Å². The van der Waals surface area contributed by atoms with Crippen LogP contribution in [0.15, 0.2) is 0 Å². The van der Waals surface area contributed by atoms with Gasteiger partial charge in [0, 0.05) is 13.1 Å². The lowest BCUT2D eigenvalue weighted by atomic mass is 9.87. The van der Waals surface area contributed by atoms with Gasteiger partial charge in [-0.1, -0.05) is 6.92 Å². The number of halogens is 3. The van der Waals surface area contributed by atoms with Gasteiger partial charge in [0.1, 0.15) is 5.82 Å². The number of carbonyl (C=O) groups excluding carboxylic acids is 1. The monoisotopic (exact) mass is 335 g/mol. The topological polar surface area (TPSA) is 111 Å². The highest BCUT2D eigenvalue weighted by Crippen LogP contribution is 2.25. The van der Waals surface area contributed by atoms with Crippen molar-refractivity contribution in [3.8, 4) is 0 Å². The van der Waals surface area contributed by atoms with Crippen LogP contribution in [0.5, 0.6) is 0 Å². The Bertz CT molecular complexity index is 589. The molecule has 0 bridgehead atoms. The Morgan fingerprint density at radius 1 is 1.48 bits per heavy atom. The van der Waals surface area contributed by atoms with Crippen LogP contribution in [0.4, 0.5) is 18.0 Å². The van der Waals surface area contributed by atoms with Crippen molar-refractivity contribution in [2.45, 2.75) is 26.1 Å². The standard InChI is InChI=1S/C12H16F3N5O3/c1-6-5-20(3-2-7(6)9(21)22)11(23)16-4-8-17-10(19-18-8)12(13,14)15/h6-7H,2-5H2,1H3,(H,16,23)(H,21,22)(H,17,18,19). The molecule has 3 N–H and O–H groups in total. The van der Waals surface area contributed by atoms with Crippen LogP contribution in [0.1, 0.15) is 25.0 Å². The number of hydrogen-bond donors (Lipinski definition) is 3. The number of nitrogens with one attached hydrogen (secondary N) is 2. The highest BCUT2D eigenvalue weighted by Gasteiger charge is 2.36. The van der Waals surface area contributed by atoms with E-state index in [9.17, 15) is 22.8 Å². The SMILES string of the molecule is CC1CN(C(=O)NCc2nc(C(F)(F)F)n[nH]2)CCC1C(=O)O. The Morgan fingerprint density at radius 2 is 2.17 bits per heavy atom. The van der Waals surface area contributed by atoms with Crippen LogP contribution in [0.3, 0.4) is 0 Å². The van der Waals surface area contributed by atoms with E-state index in [2.05, 4.69) is 20.5 Å². The lowest BCUT2D eigenvalue weighted by molar-refractivity contribution is -0.145. The summed E-state index contributed by atoms with van der Waals surface area (Å²) in [6.07, 6.45) is -4.31. The molecule has 23 heavy (non-hydrogen) atoms. The van der Waals surface area contributed by atoms with Crippen LogP contribution >= 0.6 is 0 Å². The molecular formula is C12H16F3N5O3. The number of alkyl halides is 3. The normalized spacial score (nSPS) is 22.0. The zero-order chi connectivity index (χ0) is 17.2. The fourth-order valence-electron chi connectivity index (χ4n) is 2.47. The van der Waals surface area contributed by atoms with E-state index in [0.717, 1.165) is 0 Å². The number of nitrogens with zero attached hydrogens (tertiary/aromatic N) is 3. The molecule has 0 aromatic carbocycles. The second kappa shape index (κ2) is 6.42. The Morgan fingerprint density at radius 3 is 2.70 bits per heavy atom. The van der Waals surface area contributed by atoms with E-state index in [1.54, 1.807) is 6.92 Å². The van der Waals surface area contributed by atoms with E-state index < -0.39 is 29.9 Å². The number of aliphatic carboxylic acids is 1. The van der Waals surface area contributed by atoms with Crippen molar-refractivity contribution in [3.05, 3.63) is 11.6 Å². The molecule has 128 valence electrons. The highest BCUT2D eigenvalue weighted by molar-refractivity contribution is 5.75. The number of H-pyrrole nitrogens is 1. The summed E-state index contributed by atoms with van der Waals surface area (Å²) in [4.78, 5) is 27.7. The molecule has 1 aromatic heterocycles. The molecule has 0 saturated carbocycles. The van der Waals surface area contributed by atoms with E-state index >= 15 is 0 Å². The smallest absolute Gasteiger partial charge is 0.453 e. The second-order valence-corrected chi connectivity index (χ2v) is 5.42. The largest absolute Gasteiger partial charge is 0.481 e. The highest BCUT2D eigenvalue weighted by atomic mass is 19.4. The maximum atomic E-state index is 12.3. The quantitative estimate of drug-likeness (QED) is 0.765. The van der Waals surface area contributed by atoms with Crippen LogP contribution in [0.2, 0.25) is 0 Å². The Balaban J connectivity index is 1.86. The molecule has 2 atom stereocenters. The molecule has 1 saturated heterocycles. The summed E-state index contributed by atoms with van der Waals surface area (Å²) >= 11 is 0. The van der Waals surface area contributed by atoms with Gasteiger partial charge in [0.15, 0.2) is 0 Å². The minimum atomic E-state index is -4.65. The first-order valence-electron chi connectivity index (χ1n) is 6.92. The first-order chi connectivity index (χ1) is 10.7. The fourth-order valence-corrected chi connectivity index (χ4v) is 2.47. The van der Waals surface area contributed by atoms with Crippen molar-refractivity contribution in [2.24, 2.45) is 11.8 Å². The van der Waals surface area contributed by atoms with Gasteiger partial charge in [-0.25, -0.2) is 9.78 Å². The van der Waals surface area contributed by atoms with Crippen LogP contribution < -0.4 is 5.32 Å². The summed E-state index contributed by atoms with van der Waals surface area (Å²) in [5.41, 5.74) is 0. The van der Waals surface area contributed by atoms with E-state index in [1.165, 1.54) is 4.90 Å². The first-order valence-corrected chi connectivity index (χ1v) is 6.92. The number of carboxylic acid groups (broad SMARTS) is 1. The molecule has 11 heteroatoms. The number of rotatable bonds is 3. The molecule has 0 radical (unpaired) electrons. The van der Waals surface area contributed by atoms with Gasteiger partial charge in [0.05, 0.1) is 12.5 Å². The molecule has 0 spiro atoms. The number of likely N-dealkylation sites (tertiary alicyclic amines) is 1. The Kier molecular flexibility index (Phi) is 4.76. The average molecular weight is 335 g/mol. The van der Waals surface area contributed by atoms with Crippen molar-refractivity contribution in [1.82, 2.24) is 25.4 Å². The van der Waals surface area contributed by atoms with E-state index in [0.29, 0.717) is 6.42 Å². The predicted octanol–water partition coefficient (Wildman–Crippen LogP) is 1.08. The van der Waals surface area contributed by atoms with Gasteiger partial charge < -0.3 is 15.3 Å². The average Bonchev–Trinajstić information content (AvgIpc) is 2.93. The number of aromatic amines is 1. The predicted molar refractivity (Wildman–Crippen MR) is 70.1 cm³/mol. The maximum Gasteiger partial charge on any atom is 0.453 e. The van der Waals surface area contributed by atoms with Crippen LogP contribution in [-0.2, 0) is 17.5 Å². The summed E-state index contributed by atoms with van der Waals surface area (Å²) in [5.74, 6) is -2.99. The molecule has 2 amide bonds. The fraction of sp³-hybridized carbons (Fsp3) is 0.667. The van der Waals surface area contributed by atoms with E-state index in [-0.39, 0.29) is 31.4 Å². The molecule has 1 aliphatic heterocycles. The van der Waals surface area contributed by atoms with Crippen LogP contribution in [0, 0.1) is 11.8 Å². The van der Waals surface area contributed by atoms with Gasteiger partial charge in [-0.2, -0.15) is 13.2 Å². The molecular weight excluding hydrogens is 319 g/mol. The molecule has 2 heterocycles. The maximum absolute atomic E-state index is 12.3. The summed E-state index contributed by atoms with van der Waals surface area (Å²) in [7, 11) is 0. The molecule has 1 aliphatic rings. The third kappa shape index (κ3) is 4.11. The molecule has 8 nitrogen and oxygen atoms in total. The molecule has 2 unspecified atom stereocenters. The van der Waals surface area contributed by atoms with E-state index in [1.807, 2.05) is 0 Å². The van der Waals surface area contributed by atoms with Crippen molar-refractivity contribution in [2.75, 3.05) is 13.1 Å². The number of urea groups is 1. The molecule has 2 rings (SSSR count). The third-order valence-corrected chi connectivity index (χ3v) is 3.70. The number of aromatic nitrogens is 3. The van der Waals surface area contributed by atoms with Gasteiger partial charge in [-0.3, -0.25) is 9.89 Å². The number of piperidine rings is 1. The number of carbonyl (C=O) groups is 2. The van der Waals surface area contributed by atoms with Gasteiger partial charge in [0.25, 0.3) is 5.82 Å². The lowest BCUT2D eigenvalue weighted by Crippen LogP contribution is -2.48. The van der Waals surface area contributed by atoms with Gasteiger partial charge in [0.2, 0.25) is 0 Å². The van der Waals surface area contributed by atoms with Crippen LogP contribution in [-0.4, -0.2) is 50.3 Å². The Labute approximate surface area is 129 Å². The minimum Gasteiger partial charge on any atom is -0.481 e. The van der Waals surface area contributed by atoms with E-state index in [4.69, 9.17) is 5.11 Å². The zero-order valence-electron chi connectivity index (χ0n) is 12.2. The van der Waals surface area contributed by atoms with Gasteiger partial charge in [-0.05, 0) is 12.3 Å². The number of hydrogen-bond acceptors (Lipinski definition) is 4. The van der Waals surface area contributed by atoms with Crippen LogP contribution in [0.25, 0.3) is 0 Å². The molecule has 1 aromatic rings. The summed E-state index contributed by atoms with van der Waals surface area (Å²) in [5, 5.41) is 16.6. The number of carboxylic acids is 1. The van der Waals surface area contributed by atoms with Gasteiger partial charge in [-0.15, -0.1) is 5.10 Å². The van der Waals surface area contributed by atoms with Crippen molar-refractivity contribution < 1.29 is 27.9 Å². The summed E-state index contributed by atoms with van der Waals surface area (Å²) in [6.45, 7) is 2.06. The third-order valence-electron chi connectivity index (χ3n) is 3.70.